The lowest BCUT2D eigenvalue weighted by Crippen LogP contribution is -2.57. The Morgan fingerprint density at radius 1 is 1.00 bits per heavy atom. The average Bonchev–Trinajstić information content (AvgIpc) is 2.18. The molecule has 0 fully saturated rings. The van der Waals surface area contributed by atoms with Gasteiger partial charge in [0.25, 0.3) is 0 Å². The predicted molar refractivity (Wildman–Crippen MR) is 73.0 cm³/mol. The first-order chi connectivity index (χ1) is 7.10. The minimum Gasteiger partial charge on any atom is -0.397 e. The number of rotatable bonds is 5. The third-order valence-corrected chi connectivity index (χ3v) is 10.0. The summed E-state index contributed by atoms with van der Waals surface area (Å²) in [7, 11) is 1.42. The Kier molecular flexibility index (Phi) is 5.24. The molecule has 0 radical (unpaired) electrons. The van der Waals surface area contributed by atoms with E-state index < -0.39 is 8.56 Å². The molecule has 0 aliphatic rings. The number of hydrogen-bond acceptors (Lipinski definition) is 2. The van der Waals surface area contributed by atoms with Crippen LogP contribution in [0.15, 0.2) is 0 Å². The van der Waals surface area contributed by atoms with Crippen molar-refractivity contribution < 1.29 is 8.85 Å². The topological polar surface area (TPSA) is 18.5 Å². The molecule has 0 aromatic rings. The van der Waals surface area contributed by atoms with Gasteiger partial charge in [-0.05, 0) is 5.41 Å². The van der Waals surface area contributed by atoms with Crippen LogP contribution in [-0.4, -0.2) is 22.8 Å². The van der Waals surface area contributed by atoms with Gasteiger partial charge in [0.15, 0.2) is 0 Å². The predicted octanol–water partition coefficient (Wildman–Crippen LogP) is 4.35. The molecule has 0 amide bonds. The van der Waals surface area contributed by atoms with Gasteiger partial charge >= 0.3 is 8.56 Å². The highest BCUT2D eigenvalue weighted by Gasteiger charge is 2.59. The summed E-state index contributed by atoms with van der Waals surface area (Å²) < 4.78 is 11.9. The maximum atomic E-state index is 5.95. The van der Waals surface area contributed by atoms with E-state index in [2.05, 4.69) is 48.5 Å². The second-order valence-corrected chi connectivity index (χ2v) is 10.6. The van der Waals surface area contributed by atoms with Crippen LogP contribution in [0.25, 0.3) is 0 Å². The molecule has 0 aromatic carbocycles. The van der Waals surface area contributed by atoms with Gasteiger partial charge in [0.2, 0.25) is 0 Å². The van der Waals surface area contributed by atoms with Crippen LogP contribution in [0.1, 0.15) is 54.9 Å². The first-order valence-electron chi connectivity index (χ1n) is 6.21. The zero-order chi connectivity index (χ0) is 13.2. The molecule has 1 atom stereocenters. The van der Waals surface area contributed by atoms with E-state index >= 15 is 0 Å². The summed E-state index contributed by atoms with van der Waals surface area (Å²) >= 11 is 0. The van der Waals surface area contributed by atoms with E-state index in [1.165, 1.54) is 0 Å². The van der Waals surface area contributed by atoms with Crippen molar-refractivity contribution in [2.75, 3.05) is 14.2 Å². The zero-order valence-electron chi connectivity index (χ0n) is 12.6. The van der Waals surface area contributed by atoms with Gasteiger partial charge in [0.1, 0.15) is 0 Å². The van der Waals surface area contributed by atoms with Crippen molar-refractivity contribution in [1.82, 2.24) is 0 Å². The summed E-state index contributed by atoms with van der Waals surface area (Å²) in [6, 6.07) is 0. The second-order valence-electron chi connectivity index (χ2n) is 6.26. The van der Waals surface area contributed by atoms with Crippen LogP contribution >= 0.6 is 0 Å². The maximum Gasteiger partial charge on any atom is 0.346 e. The van der Waals surface area contributed by atoms with Crippen molar-refractivity contribution in [2.45, 2.75) is 65.5 Å². The summed E-state index contributed by atoms with van der Waals surface area (Å²) in [4.78, 5) is 0. The average molecular weight is 246 g/mol. The smallest absolute Gasteiger partial charge is 0.346 e. The molecule has 0 N–H and O–H groups in total. The van der Waals surface area contributed by atoms with Crippen LogP contribution in [0.2, 0.25) is 10.6 Å². The molecule has 0 heterocycles. The fourth-order valence-electron chi connectivity index (χ4n) is 2.40. The third kappa shape index (κ3) is 2.36. The molecule has 3 heteroatoms. The lowest BCUT2D eigenvalue weighted by molar-refractivity contribution is 0.146. The summed E-state index contributed by atoms with van der Waals surface area (Å²) in [6.45, 7) is 15.9. The van der Waals surface area contributed by atoms with Crippen LogP contribution in [0.5, 0.6) is 0 Å². The Hall–Kier alpha value is 0.137. The summed E-state index contributed by atoms with van der Waals surface area (Å²) in [5, 5.41) is 0.0684. The van der Waals surface area contributed by atoms with Crippen molar-refractivity contribution >= 4 is 8.56 Å². The molecule has 0 saturated heterocycles. The number of hydrogen-bond donors (Lipinski definition) is 0. The fourth-order valence-corrected chi connectivity index (χ4v) is 7.21. The van der Waals surface area contributed by atoms with Gasteiger partial charge in [0, 0.05) is 24.8 Å². The van der Waals surface area contributed by atoms with Crippen LogP contribution < -0.4 is 0 Å². The van der Waals surface area contributed by atoms with Gasteiger partial charge in [-0.25, -0.2) is 0 Å². The minimum atomic E-state index is -2.21. The normalized spacial score (nSPS) is 16.3. The monoisotopic (exact) mass is 246 g/mol. The van der Waals surface area contributed by atoms with Crippen molar-refractivity contribution in [3.8, 4) is 0 Å². The molecule has 2 nitrogen and oxygen atoms in total. The molecule has 0 aliphatic heterocycles. The molecule has 0 bridgehead atoms. The summed E-state index contributed by atoms with van der Waals surface area (Å²) in [5.74, 6) is 0. The second kappa shape index (κ2) is 5.19. The fraction of sp³-hybridized carbons (Fsp3) is 1.00. The quantitative estimate of drug-likeness (QED) is 0.672. The first kappa shape index (κ1) is 16.1. The molecule has 0 aromatic heterocycles. The van der Waals surface area contributed by atoms with Crippen LogP contribution in [0.4, 0.5) is 0 Å². The van der Waals surface area contributed by atoms with Gasteiger partial charge < -0.3 is 8.85 Å². The Labute approximate surface area is 103 Å². The van der Waals surface area contributed by atoms with Crippen LogP contribution in [0, 0.1) is 5.41 Å². The summed E-state index contributed by atoms with van der Waals surface area (Å²) in [6.07, 6.45) is 1.10. The molecule has 0 saturated carbocycles. The highest BCUT2D eigenvalue weighted by Crippen LogP contribution is 2.56. The van der Waals surface area contributed by atoms with Crippen molar-refractivity contribution in [1.29, 1.82) is 0 Å². The van der Waals surface area contributed by atoms with Gasteiger partial charge in [-0.2, -0.15) is 0 Å². The lowest BCUT2D eigenvalue weighted by atomic mass is 9.82. The first-order valence-corrected chi connectivity index (χ1v) is 8.10. The van der Waals surface area contributed by atoms with Gasteiger partial charge in [-0.3, -0.25) is 0 Å². The van der Waals surface area contributed by atoms with Crippen molar-refractivity contribution in [2.24, 2.45) is 5.41 Å². The Bertz CT molecular complexity index is 214. The Balaban J connectivity index is 5.51. The van der Waals surface area contributed by atoms with Gasteiger partial charge in [-0.1, -0.05) is 54.9 Å². The van der Waals surface area contributed by atoms with E-state index in [0.29, 0.717) is 5.54 Å². The molecule has 0 spiro atoms. The molecule has 0 aliphatic carbocycles. The lowest BCUT2D eigenvalue weighted by Gasteiger charge is -2.51. The Morgan fingerprint density at radius 2 is 1.38 bits per heavy atom. The highest BCUT2D eigenvalue weighted by atomic mass is 28.4. The van der Waals surface area contributed by atoms with E-state index in [9.17, 15) is 0 Å². The highest BCUT2D eigenvalue weighted by molar-refractivity contribution is 6.72. The van der Waals surface area contributed by atoms with Crippen LogP contribution in [0.3, 0.4) is 0 Å². The SMILES string of the molecule is CCC(C)[Si](OC)(OC)C(C)(C)C(C)(C)C. The molecule has 98 valence electrons. The van der Waals surface area contributed by atoms with E-state index in [4.69, 9.17) is 8.85 Å². The van der Waals surface area contributed by atoms with Crippen LogP contribution in [-0.2, 0) is 8.85 Å². The largest absolute Gasteiger partial charge is 0.397 e. The molecule has 0 rings (SSSR count). The minimum absolute atomic E-state index is 0.0684. The van der Waals surface area contributed by atoms with Crippen molar-refractivity contribution in [3.05, 3.63) is 0 Å². The van der Waals surface area contributed by atoms with E-state index in [1.807, 2.05) is 14.2 Å². The van der Waals surface area contributed by atoms with E-state index in [1.54, 1.807) is 0 Å². The molecule has 16 heavy (non-hydrogen) atoms. The molecular formula is C13H30O2Si. The van der Waals surface area contributed by atoms with Gasteiger partial charge in [-0.15, -0.1) is 0 Å². The van der Waals surface area contributed by atoms with Crippen molar-refractivity contribution in [3.63, 3.8) is 0 Å². The van der Waals surface area contributed by atoms with E-state index in [0.717, 1.165) is 6.42 Å². The molecule has 1 unspecified atom stereocenters. The third-order valence-electron chi connectivity index (χ3n) is 4.61. The summed E-state index contributed by atoms with van der Waals surface area (Å²) in [5.41, 5.74) is 0.672. The maximum absolute atomic E-state index is 5.95. The Morgan fingerprint density at radius 3 is 1.56 bits per heavy atom. The van der Waals surface area contributed by atoms with E-state index in [-0.39, 0.29) is 10.5 Å². The standard InChI is InChI=1S/C13H30O2Si/c1-10-11(2)16(14-8,15-9)13(6,7)12(3,4)5/h11H,10H2,1-9H3. The zero-order valence-corrected chi connectivity index (χ0v) is 13.6. The molecular weight excluding hydrogens is 216 g/mol. The van der Waals surface area contributed by atoms with Gasteiger partial charge in [0.05, 0.1) is 0 Å².